The summed E-state index contributed by atoms with van der Waals surface area (Å²) >= 11 is 0. The van der Waals surface area contributed by atoms with E-state index in [-0.39, 0.29) is 0 Å². The minimum Gasteiger partial charge on any atom is -0.493 e. The number of benzene rings is 1. The van der Waals surface area contributed by atoms with E-state index in [1.807, 2.05) is 6.92 Å². The van der Waals surface area contributed by atoms with Gasteiger partial charge in [0.25, 0.3) is 0 Å². The number of hydrogen-bond donors (Lipinski definition) is 0. The fraction of sp³-hybridized carbons (Fsp3) is 0.385. The molecule has 1 aromatic rings. The smallest absolute Gasteiger partial charge is 0.185 e. The fourth-order valence-corrected chi connectivity index (χ4v) is 1.46. The maximum absolute atomic E-state index is 9.09. The Hall–Kier alpha value is -2.22. The van der Waals surface area contributed by atoms with Crippen molar-refractivity contribution in [2.24, 2.45) is 4.99 Å². The monoisotopic (exact) mass is 248 g/mol. The summed E-state index contributed by atoms with van der Waals surface area (Å²) < 4.78 is 15.5. The first-order valence-electron chi connectivity index (χ1n) is 5.50. The lowest BCUT2D eigenvalue weighted by atomic mass is 10.1. The van der Waals surface area contributed by atoms with Crippen LogP contribution in [0.4, 0.5) is 5.69 Å². The lowest BCUT2D eigenvalue weighted by Crippen LogP contribution is -1.98. The Morgan fingerprint density at radius 2 is 1.89 bits per heavy atom. The molecule has 0 heterocycles. The van der Waals surface area contributed by atoms with Gasteiger partial charge in [-0.3, -0.25) is 0 Å². The predicted molar refractivity (Wildman–Crippen MR) is 68.7 cm³/mol. The Morgan fingerprint density at radius 3 is 2.39 bits per heavy atom. The molecule has 1 rings (SSSR count). The molecule has 0 radical (unpaired) electrons. The number of hydrogen-bond acceptors (Lipinski definition) is 5. The number of nitriles is 1. The summed E-state index contributed by atoms with van der Waals surface area (Å²) in [5, 5.41) is 9.09. The second-order valence-corrected chi connectivity index (χ2v) is 3.40. The minimum absolute atomic E-state index is 0.409. The molecule has 5 nitrogen and oxygen atoms in total. The molecule has 0 saturated heterocycles. The lowest BCUT2D eigenvalue weighted by molar-refractivity contribution is 0.325. The van der Waals surface area contributed by atoms with E-state index in [1.165, 1.54) is 14.2 Å². The van der Waals surface area contributed by atoms with Gasteiger partial charge in [0.2, 0.25) is 0 Å². The highest BCUT2D eigenvalue weighted by molar-refractivity contribution is 5.78. The molecule has 0 bridgehead atoms. The zero-order valence-electron chi connectivity index (χ0n) is 11.0. The van der Waals surface area contributed by atoms with Crippen LogP contribution in [0.15, 0.2) is 17.1 Å². The van der Waals surface area contributed by atoms with Gasteiger partial charge < -0.3 is 14.2 Å². The topological polar surface area (TPSA) is 63.8 Å². The molecule has 0 aromatic heterocycles. The van der Waals surface area contributed by atoms with Crippen molar-refractivity contribution in [1.82, 2.24) is 0 Å². The molecular weight excluding hydrogens is 232 g/mol. The molecule has 0 unspecified atom stereocenters. The molecule has 0 saturated carbocycles. The van der Waals surface area contributed by atoms with Gasteiger partial charge in [-0.25, -0.2) is 4.99 Å². The molecule has 0 aliphatic heterocycles. The third-order valence-electron chi connectivity index (χ3n) is 2.25. The first kappa shape index (κ1) is 13.8. The predicted octanol–water partition coefficient (Wildman–Crippen LogP) is 2.66. The number of rotatable bonds is 4. The van der Waals surface area contributed by atoms with Crippen LogP contribution in [0.1, 0.15) is 19.4 Å². The molecule has 1 aromatic carbocycles. The molecule has 0 aliphatic rings. The normalized spacial score (nSPS) is 10.7. The van der Waals surface area contributed by atoms with Crippen molar-refractivity contribution < 1.29 is 14.2 Å². The molecule has 0 aliphatic carbocycles. The van der Waals surface area contributed by atoms with Crippen LogP contribution in [0.5, 0.6) is 11.5 Å². The van der Waals surface area contributed by atoms with E-state index >= 15 is 0 Å². The van der Waals surface area contributed by atoms with Crippen molar-refractivity contribution in [2.75, 3.05) is 20.8 Å². The number of aliphatic imine (C=N–C) groups is 1. The summed E-state index contributed by atoms with van der Waals surface area (Å²) in [5.74, 6) is 1.53. The third kappa shape index (κ3) is 3.14. The molecule has 0 fully saturated rings. The standard InChI is InChI=1S/C13H16N2O3/c1-5-18-9(2)15-11-7-13(17-4)12(16-3)6-10(11)8-14/h6-7H,5H2,1-4H3/b15-9+. The van der Waals surface area contributed by atoms with E-state index < -0.39 is 0 Å². The highest BCUT2D eigenvalue weighted by atomic mass is 16.5. The summed E-state index contributed by atoms with van der Waals surface area (Å²) in [6.07, 6.45) is 0. The van der Waals surface area contributed by atoms with Gasteiger partial charge >= 0.3 is 0 Å². The van der Waals surface area contributed by atoms with Crippen LogP contribution in [-0.2, 0) is 4.74 Å². The van der Waals surface area contributed by atoms with Gasteiger partial charge in [0.15, 0.2) is 17.4 Å². The van der Waals surface area contributed by atoms with Crippen molar-refractivity contribution >= 4 is 11.6 Å². The Balaban J connectivity index is 3.26. The van der Waals surface area contributed by atoms with E-state index in [0.29, 0.717) is 35.3 Å². The SMILES string of the molecule is CCO/C(C)=N/c1cc(OC)c(OC)cc1C#N. The molecule has 0 atom stereocenters. The van der Waals surface area contributed by atoms with Crippen molar-refractivity contribution in [1.29, 1.82) is 5.26 Å². The summed E-state index contributed by atoms with van der Waals surface area (Å²) in [6.45, 7) is 4.14. The molecule has 0 spiro atoms. The van der Waals surface area contributed by atoms with Gasteiger partial charge in [-0.15, -0.1) is 0 Å². The Morgan fingerprint density at radius 1 is 1.28 bits per heavy atom. The summed E-state index contributed by atoms with van der Waals surface area (Å²) in [5.41, 5.74) is 0.910. The Labute approximate surface area is 107 Å². The van der Waals surface area contributed by atoms with Crippen molar-refractivity contribution in [3.05, 3.63) is 17.7 Å². The van der Waals surface area contributed by atoms with Gasteiger partial charge in [-0.1, -0.05) is 0 Å². The van der Waals surface area contributed by atoms with E-state index in [9.17, 15) is 0 Å². The molecule has 5 heteroatoms. The van der Waals surface area contributed by atoms with Gasteiger partial charge in [-0.2, -0.15) is 5.26 Å². The van der Waals surface area contributed by atoms with Crippen molar-refractivity contribution in [2.45, 2.75) is 13.8 Å². The molecule has 96 valence electrons. The van der Waals surface area contributed by atoms with Crippen LogP contribution in [-0.4, -0.2) is 26.7 Å². The third-order valence-corrected chi connectivity index (χ3v) is 2.25. The number of methoxy groups -OCH3 is 2. The van der Waals surface area contributed by atoms with Gasteiger partial charge in [0.05, 0.1) is 32.1 Å². The Kier molecular flexibility index (Phi) is 5.00. The number of ether oxygens (including phenoxy) is 3. The quantitative estimate of drug-likeness (QED) is 0.607. The first-order valence-corrected chi connectivity index (χ1v) is 5.50. The van der Waals surface area contributed by atoms with Crippen LogP contribution >= 0.6 is 0 Å². The first-order chi connectivity index (χ1) is 8.65. The molecule has 0 N–H and O–H groups in total. The highest BCUT2D eigenvalue weighted by Crippen LogP contribution is 2.34. The van der Waals surface area contributed by atoms with E-state index in [1.54, 1.807) is 19.1 Å². The summed E-state index contributed by atoms with van der Waals surface area (Å²) in [7, 11) is 3.06. The van der Waals surface area contributed by atoms with Crippen LogP contribution in [0, 0.1) is 11.3 Å². The van der Waals surface area contributed by atoms with Crippen molar-refractivity contribution in [3.8, 4) is 17.6 Å². The fourth-order valence-electron chi connectivity index (χ4n) is 1.46. The van der Waals surface area contributed by atoms with Crippen LogP contribution in [0.2, 0.25) is 0 Å². The zero-order valence-corrected chi connectivity index (χ0v) is 11.0. The zero-order chi connectivity index (χ0) is 13.5. The van der Waals surface area contributed by atoms with Crippen LogP contribution < -0.4 is 9.47 Å². The maximum Gasteiger partial charge on any atom is 0.185 e. The van der Waals surface area contributed by atoms with E-state index in [4.69, 9.17) is 19.5 Å². The minimum atomic E-state index is 0.409. The largest absolute Gasteiger partial charge is 0.493 e. The second-order valence-electron chi connectivity index (χ2n) is 3.40. The molecule has 18 heavy (non-hydrogen) atoms. The highest BCUT2D eigenvalue weighted by Gasteiger charge is 2.10. The maximum atomic E-state index is 9.09. The molecular formula is C13H16N2O3. The average Bonchev–Trinajstić information content (AvgIpc) is 2.38. The average molecular weight is 248 g/mol. The second kappa shape index (κ2) is 6.50. The van der Waals surface area contributed by atoms with Gasteiger partial charge in [0, 0.05) is 19.1 Å². The van der Waals surface area contributed by atoms with Crippen molar-refractivity contribution in [3.63, 3.8) is 0 Å². The van der Waals surface area contributed by atoms with E-state index in [2.05, 4.69) is 11.1 Å². The number of nitrogens with zero attached hydrogens (tertiary/aromatic N) is 2. The van der Waals surface area contributed by atoms with Gasteiger partial charge in [-0.05, 0) is 6.92 Å². The summed E-state index contributed by atoms with van der Waals surface area (Å²) in [4.78, 5) is 4.24. The summed E-state index contributed by atoms with van der Waals surface area (Å²) in [6, 6.07) is 5.32. The lowest BCUT2D eigenvalue weighted by Gasteiger charge is -2.10. The Bertz CT molecular complexity index is 490. The molecule has 0 amide bonds. The van der Waals surface area contributed by atoms with Crippen LogP contribution in [0.3, 0.4) is 0 Å². The van der Waals surface area contributed by atoms with E-state index in [0.717, 1.165) is 0 Å². The van der Waals surface area contributed by atoms with Gasteiger partial charge in [0.1, 0.15) is 6.07 Å². The van der Waals surface area contributed by atoms with Crippen LogP contribution in [0.25, 0.3) is 0 Å².